The van der Waals surface area contributed by atoms with Crippen molar-refractivity contribution in [2.45, 2.75) is 60.9 Å². The van der Waals surface area contributed by atoms with E-state index in [2.05, 4.69) is 116 Å². The molecular weight excluding hydrogens is 532 g/mol. The van der Waals surface area contributed by atoms with Crippen molar-refractivity contribution in [2.24, 2.45) is 0 Å². The van der Waals surface area contributed by atoms with Gasteiger partial charge in [-0.2, -0.15) is 0 Å². The molecule has 0 N–H and O–H groups in total. The van der Waals surface area contributed by atoms with Gasteiger partial charge in [-0.05, 0) is 28.8 Å². The van der Waals surface area contributed by atoms with Crippen molar-refractivity contribution in [1.29, 1.82) is 0 Å². The summed E-state index contributed by atoms with van der Waals surface area (Å²) in [5, 5.41) is 2.43. The van der Waals surface area contributed by atoms with Crippen LogP contribution in [0.3, 0.4) is 0 Å². The van der Waals surface area contributed by atoms with E-state index in [1.54, 1.807) is 0 Å². The van der Waals surface area contributed by atoms with Gasteiger partial charge >= 0.3 is 0 Å². The fourth-order valence-corrected chi connectivity index (χ4v) is 10.6. The number of nitrogens with zero attached hydrogens (tertiary/aromatic N) is 1. The minimum atomic E-state index is -2.70. The Labute approximate surface area is 207 Å². The van der Waals surface area contributed by atoms with Crippen LogP contribution in [0.15, 0.2) is 60.7 Å². The summed E-state index contributed by atoms with van der Waals surface area (Å²) < 4.78 is 28.3. The maximum Gasteiger partial charge on any atom is 0.261 e. The lowest BCUT2D eigenvalue weighted by Gasteiger charge is -2.50. The number of halogens is 2. The van der Waals surface area contributed by atoms with Crippen LogP contribution in [0.5, 0.6) is 0 Å². The van der Waals surface area contributed by atoms with Crippen molar-refractivity contribution < 1.29 is 13.6 Å². The molecule has 32 heavy (non-hydrogen) atoms. The second-order valence-corrected chi connectivity index (χ2v) is 16.3. The van der Waals surface area contributed by atoms with Crippen LogP contribution in [0.4, 0.5) is 4.39 Å². The van der Waals surface area contributed by atoms with E-state index in [-0.39, 0.29) is 20.6 Å². The predicted molar refractivity (Wildman–Crippen MR) is 141 cm³/mol. The van der Waals surface area contributed by atoms with Crippen LogP contribution in [-0.4, -0.2) is 61.3 Å². The summed E-state index contributed by atoms with van der Waals surface area (Å²) in [6.45, 7) is 11.6. The second kappa shape index (κ2) is 9.45. The maximum atomic E-state index is 14.7. The number of ether oxygens (including phenoxy) is 1. The van der Waals surface area contributed by atoms with Crippen LogP contribution in [0, 0.1) is 0 Å². The van der Waals surface area contributed by atoms with Crippen molar-refractivity contribution in [1.82, 2.24) is 4.90 Å². The fraction of sp³-hybridized carbons (Fsp3) is 0.538. The highest BCUT2D eigenvalue weighted by Gasteiger charge is 2.56. The average Bonchev–Trinajstić information content (AvgIpc) is 3.15. The van der Waals surface area contributed by atoms with Crippen molar-refractivity contribution in [3.8, 4) is 0 Å². The highest BCUT2D eigenvalue weighted by molar-refractivity contribution is 14.1. The molecule has 0 aliphatic carbocycles. The number of likely N-dealkylation sites (tertiary alicyclic amines) is 1. The van der Waals surface area contributed by atoms with Crippen LogP contribution < -0.4 is 10.4 Å². The second-order valence-electron chi connectivity index (χ2n) is 10.4. The van der Waals surface area contributed by atoms with E-state index in [1.807, 2.05) is 0 Å². The van der Waals surface area contributed by atoms with Crippen LogP contribution in [-0.2, 0) is 9.16 Å². The molecule has 2 saturated heterocycles. The summed E-state index contributed by atoms with van der Waals surface area (Å²) in [7, 11) is -2.70. The van der Waals surface area contributed by atoms with Gasteiger partial charge in [0.1, 0.15) is 6.17 Å². The third-order valence-corrected chi connectivity index (χ3v) is 13.7. The number of rotatable bonds is 5. The summed E-state index contributed by atoms with van der Waals surface area (Å²) in [5.74, 6) is 0. The zero-order valence-corrected chi connectivity index (χ0v) is 22.7. The largest absolute Gasteiger partial charge is 0.400 e. The van der Waals surface area contributed by atoms with Gasteiger partial charge in [0.2, 0.25) is 0 Å². The molecule has 4 rings (SSSR count). The van der Waals surface area contributed by atoms with Crippen LogP contribution >= 0.6 is 22.6 Å². The van der Waals surface area contributed by atoms with Gasteiger partial charge in [0.15, 0.2) is 0 Å². The average molecular weight is 568 g/mol. The molecule has 2 heterocycles. The van der Waals surface area contributed by atoms with Gasteiger partial charge in [-0.25, -0.2) is 4.39 Å². The highest BCUT2D eigenvalue weighted by atomic mass is 127. The number of hydrogen-bond donors (Lipinski definition) is 0. The van der Waals surface area contributed by atoms with E-state index in [0.717, 1.165) is 13.0 Å². The zero-order chi connectivity index (χ0) is 23.0. The lowest BCUT2D eigenvalue weighted by atomic mass is 9.93. The molecule has 0 saturated carbocycles. The first kappa shape index (κ1) is 24.3. The molecule has 174 valence electrons. The third kappa shape index (κ3) is 4.33. The standard InChI is InChI=1S/C26H35FINO2Si/c1-25(2,3)32(20-11-7-5-8-12-20,21-13-9-6-10-14-21)31-24-18-30-19-26(24,4)29-16-15-23(28)22(27)17-29/h5-14,22-24H,15-19H2,1-4H3/t22-,23-,24+,26-/m1/s1. The molecule has 4 atom stereocenters. The Morgan fingerprint density at radius 2 is 1.62 bits per heavy atom. The molecule has 0 bridgehead atoms. The number of benzene rings is 2. The monoisotopic (exact) mass is 567 g/mol. The SMILES string of the molecule is CC(C)(C)[Si](O[C@H]1COC[C@@]1(C)N1CC[C@@H](I)[C@H](F)C1)(c1ccccc1)c1ccccc1. The fourth-order valence-electron chi connectivity index (χ4n) is 5.35. The molecular formula is C26H35FINO2Si. The van der Waals surface area contributed by atoms with E-state index in [9.17, 15) is 4.39 Å². The zero-order valence-electron chi connectivity index (χ0n) is 19.6. The van der Waals surface area contributed by atoms with Crippen molar-refractivity contribution >= 4 is 41.3 Å². The number of hydrogen-bond acceptors (Lipinski definition) is 3. The molecule has 0 aromatic heterocycles. The first-order chi connectivity index (χ1) is 15.2. The minimum Gasteiger partial charge on any atom is -0.400 e. The van der Waals surface area contributed by atoms with Gasteiger partial charge in [-0.3, -0.25) is 4.90 Å². The number of alkyl halides is 2. The van der Waals surface area contributed by atoms with Crippen molar-refractivity contribution in [3.05, 3.63) is 60.7 Å². The number of piperidine rings is 1. The lowest BCUT2D eigenvalue weighted by Crippen LogP contribution is -2.71. The van der Waals surface area contributed by atoms with Crippen molar-refractivity contribution in [2.75, 3.05) is 26.3 Å². The molecule has 2 aromatic rings. The molecule has 3 nitrogen and oxygen atoms in total. The Bertz CT molecular complexity index is 854. The Balaban J connectivity index is 1.77. The quantitative estimate of drug-likeness (QED) is 0.300. The minimum absolute atomic E-state index is 0.0887. The van der Waals surface area contributed by atoms with E-state index in [4.69, 9.17) is 9.16 Å². The Kier molecular flexibility index (Phi) is 7.18. The first-order valence-electron chi connectivity index (χ1n) is 11.6. The molecule has 6 heteroatoms. The molecule has 0 amide bonds. The Morgan fingerprint density at radius 1 is 1.06 bits per heavy atom. The van der Waals surface area contributed by atoms with E-state index in [0.29, 0.717) is 19.8 Å². The molecule has 0 spiro atoms. The molecule has 2 aliphatic heterocycles. The summed E-state index contributed by atoms with van der Waals surface area (Å²) in [5.41, 5.74) is -0.339. The van der Waals surface area contributed by atoms with Gasteiger partial charge in [-0.1, -0.05) is 104 Å². The summed E-state index contributed by atoms with van der Waals surface area (Å²) in [6, 6.07) is 21.4. The van der Waals surface area contributed by atoms with Gasteiger partial charge in [0, 0.05) is 17.0 Å². The van der Waals surface area contributed by atoms with Gasteiger partial charge in [0.25, 0.3) is 8.32 Å². The molecule has 2 aliphatic rings. The Hall–Kier alpha value is -0.803. The topological polar surface area (TPSA) is 21.7 Å². The summed E-state index contributed by atoms with van der Waals surface area (Å²) >= 11 is 2.26. The predicted octanol–water partition coefficient (Wildman–Crippen LogP) is 4.57. The van der Waals surface area contributed by atoms with E-state index >= 15 is 0 Å². The molecule has 0 unspecified atom stereocenters. The highest BCUT2D eigenvalue weighted by Crippen LogP contribution is 2.41. The van der Waals surface area contributed by atoms with Crippen LogP contribution in [0.1, 0.15) is 34.1 Å². The normalized spacial score (nSPS) is 29.9. The third-order valence-electron chi connectivity index (χ3n) is 7.28. The maximum absolute atomic E-state index is 14.7. The molecule has 2 fully saturated rings. The van der Waals surface area contributed by atoms with E-state index < -0.39 is 14.5 Å². The van der Waals surface area contributed by atoms with Gasteiger partial charge < -0.3 is 9.16 Å². The molecule has 2 aromatic carbocycles. The summed E-state index contributed by atoms with van der Waals surface area (Å²) in [6.07, 6.45) is -0.0643. The van der Waals surface area contributed by atoms with Gasteiger partial charge in [-0.15, -0.1) is 0 Å². The lowest BCUT2D eigenvalue weighted by molar-refractivity contribution is -0.00901. The summed E-state index contributed by atoms with van der Waals surface area (Å²) in [4.78, 5) is 2.29. The van der Waals surface area contributed by atoms with Crippen LogP contribution in [0.2, 0.25) is 5.04 Å². The van der Waals surface area contributed by atoms with Crippen LogP contribution in [0.25, 0.3) is 0 Å². The van der Waals surface area contributed by atoms with E-state index in [1.165, 1.54) is 10.4 Å². The molecule has 0 radical (unpaired) electrons. The van der Waals surface area contributed by atoms with Crippen molar-refractivity contribution in [3.63, 3.8) is 0 Å². The Morgan fingerprint density at radius 3 is 2.12 bits per heavy atom. The first-order valence-corrected chi connectivity index (χ1v) is 14.7. The smallest absolute Gasteiger partial charge is 0.261 e. The van der Waals surface area contributed by atoms with Gasteiger partial charge in [0.05, 0.1) is 24.9 Å².